The number of nitrogens with zero attached hydrogens (tertiary/aromatic N) is 4. The van der Waals surface area contributed by atoms with Gasteiger partial charge in [-0.25, -0.2) is 4.98 Å². The molecule has 200 valence electrons. The summed E-state index contributed by atoms with van der Waals surface area (Å²) >= 11 is 0. The quantitative estimate of drug-likeness (QED) is 0.436. The summed E-state index contributed by atoms with van der Waals surface area (Å²) in [5.74, 6) is -1.01. The average Bonchev–Trinajstić information content (AvgIpc) is 3.11. The Kier molecular flexibility index (Phi) is 8.25. The highest BCUT2D eigenvalue weighted by molar-refractivity contribution is 5.82. The number of pyridine rings is 1. The predicted octanol–water partition coefficient (Wildman–Crippen LogP) is 4.06. The van der Waals surface area contributed by atoms with Gasteiger partial charge in [-0.15, -0.1) is 0 Å². The zero-order valence-corrected chi connectivity index (χ0v) is 23.3. The fourth-order valence-electron chi connectivity index (χ4n) is 4.77. The Hall–Kier alpha value is -3.49. The summed E-state index contributed by atoms with van der Waals surface area (Å²) in [4.78, 5) is 42.7. The molecule has 0 fully saturated rings. The zero-order chi connectivity index (χ0) is 27.5. The molecule has 3 aromatic rings. The minimum Gasteiger partial charge on any atom is -0.420 e. The highest BCUT2D eigenvalue weighted by atomic mass is 16.5. The molecule has 0 aromatic carbocycles. The molecule has 1 N–H and O–H groups in total. The van der Waals surface area contributed by atoms with Crippen molar-refractivity contribution in [1.82, 2.24) is 24.6 Å². The van der Waals surface area contributed by atoms with Gasteiger partial charge in [-0.2, -0.15) is 5.10 Å². The van der Waals surface area contributed by atoms with Crippen LogP contribution in [-0.2, 0) is 28.1 Å². The lowest BCUT2D eigenvalue weighted by Gasteiger charge is -2.37. The Bertz CT molecular complexity index is 1370. The van der Waals surface area contributed by atoms with Crippen LogP contribution >= 0.6 is 0 Å². The van der Waals surface area contributed by atoms with Crippen molar-refractivity contribution >= 4 is 22.9 Å². The largest absolute Gasteiger partial charge is 0.420 e. The lowest BCUT2D eigenvalue weighted by Crippen LogP contribution is -2.40. The molecular formula is C28H39N5O4. The minimum atomic E-state index is -0.804. The maximum absolute atomic E-state index is 13.1. The number of carbonyl (C=O) groups is 2. The summed E-state index contributed by atoms with van der Waals surface area (Å²) < 4.78 is 9.49. The van der Waals surface area contributed by atoms with E-state index in [4.69, 9.17) is 9.72 Å². The molecule has 0 aliphatic rings. The fraction of sp³-hybridized carbons (Fsp3) is 0.536. The lowest BCUT2D eigenvalue weighted by molar-refractivity contribution is -0.143. The Morgan fingerprint density at radius 2 is 1.86 bits per heavy atom. The number of nitrogens with one attached hydrogen (secondary N) is 1. The number of aromatic nitrogens is 4. The van der Waals surface area contributed by atoms with Gasteiger partial charge in [0.25, 0.3) is 0 Å². The summed E-state index contributed by atoms with van der Waals surface area (Å²) in [6.07, 6.45) is 5.59. The van der Waals surface area contributed by atoms with Crippen LogP contribution in [0, 0.1) is 19.3 Å². The molecular weight excluding hydrogens is 470 g/mol. The van der Waals surface area contributed by atoms with Crippen molar-refractivity contribution in [3.05, 3.63) is 51.7 Å². The van der Waals surface area contributed by atoms with Gasteiger partial charge in [-0.1, -0.05) is 20.3 Å². The van der Waals surface area contributed by atoms with Crippen molar-refractivity contribution in [1.29, 1.82) is 0 Å². The Labute approximate surface area is 218 Å². The predicted molar refractivity (Wildman–Crippen MR) is 144 cm³/mol. The smallest absolute Gasteiger partial charge is 0.316 e. The van der Waals surface area contributed by atoms with E-state index in [1.165, 1.54) is 18.8 Å². The highest BCUT2D eigenvalue weighted by Crippen LogP contribution is 2.36. The van der Waals surface area contributed by atoms with Crippen LogP contribution in [0.2, 0.25) is 0 Å². The number of rotatable bonds is 9. The van der Waals surface area contributed by atoms with Gasteiger partial charge < -0.3 is 14.6 Å². The van der Waals surface area contributed by atoms with Gasteiger partial charge >= 0.3 is 5.97 Å². The van der Waals surface area contributed by atoms with Crippen LogP contribution < -0.4 is 15.5 Å². The lowest BCUT2D eigenvalue weighted by atomic mass is 9.89. The van der Waals surface area contributed by atoms with Crippen molar-refractivity contribution in [2.24, 2.45) is 5.41 Å². The number of esters is 1. The summed E-state index contributed by atoms with van der Waals surface area (Å²) in [6, 6.07) is 4.02. The van der Waals surface area contributed by atoms with Crippen LogP contribution in [0.15, 0.2) is 29.3 Å². The molecule has 3 rings (SSSR count). The molecule has 0 saturated heterocycles. The van der Waals surface area contributed by atoms with Gasteiger partial charge in [0.15, 0.2) is 5.75 Å². The average molecular weight is 510 g/mol. The van der Waals surface area contributed by atoms with Crippen molar-refractivity contribution in [2.75, 3.05) is 7.05 Å². The van der Waals surface area contributed by atoms with Gasteiger partial charge in [-0.05, 0) is 65.2 Å². The second kappa shape index (κ2) is 10.9. The molecule has 9 heteroatoms. The van der Waals surface area contributed by atoms with Gasteiger partial charge in [0.05, 0.1) is 30.1 Å². The molecule has 3 heterocycles. The van der Waals surface area contributed by atoms with Crippen LogP contribution in [0.4, 0.5) is 0 Å². The zero-order valence-electron chi connectivity index (χ0n) is 23.3. The van der Waals surface area contributed by atoms with Crippen molar-refractivity contribution in [3.63, 3.8) is 0 Å². The number of amides is 1. The van der Waals surface area contributed by atoms with E-state index in [0.29, 0.717) is 6.54 Å². The maximum atomic E-state index is 13.1. The Morgan fingerprint density at radius 1 is 1.16 bits per heavy atom. The van der Waals surface area contributed by atoms with E-state index < -0.39 is 22.4 Å². The molecule has 1 amide bonds. The van der Waals surface area contributed by atoms with E-state index in [1.54, 1.807) is 31.6 Å². The van der Waals surface area contributed by atoms with Gasteiger partial charge in [-0.3, -0.25) is 19.1 Å². The van der Waals surface area contributed by atoms with Crippen molar-refractivity contribution in [2.45, 2.75) is 86.2 Å². The number of hydrogen-bond acceptors (Lipinski definition) is 6. The van der Waals surface area contributed by atoms with E-state index in [9.17, 15) is 14.4 Å². The first-order chi connectivity index (χ1) is 17.4. The minimum absolute atomic E-state index is 0.0310. The monoisotopic (exact) mass is 509 g/mol. The van der Waals surface area contributed by atoms with Gasteiger partial charge in [0, 0.05) is 24.3 Å². The first-order valence-corrected chi connectivity index (χ1v) is 12.8. The van der Waals surface area contributed by atoms with E-state index in [0.717, 1.165) is 36.0 Å². The first kappa shape index (κ1) is 28.1. The van der Waals surface area contributed by atoms with E-state index in [2.05, 4.69) is 48.7 Å². The van der Waals surface area contributed by atoms with Gasteiger partial charge in [0.1, 0.15) is 11.3 Å². The third-order valence-electron chi connectivity index (χ3n) is 7.01. The highest BCUT2D eigenvalue weighted by Gasteiger charge is 2.35. The number of aryl methyl sites for hydroxylation is 1. The molecule has 9 nitrogen and oxygen atoms in total. The third-order valence-corrected chi connectivity index (χ3v) is 7.01. The SMILES string of the molecule is CCCC(CC)(Cn1cc(OC(=O)C(C)(C)C)c(=O)c(CC(=O)NC)n1)n1c(C)c(C)c2cccnc21. The topological polar surface area (TPSA) is 108 Å². The van der Waals surface area contributed by atoms with Crippen LogP contribution in [0.1, 0.15) is 70.8 Å². The molecule has 0 bridgehead atoms. The summed E-state index contributed by atoms with van der Waals surface area (Å²) in [5.41, 5.74) is 1.44. The molecule has 0 aliphatic heterocycles. The number of hydrogen-bond donors (Lipinski definition) is 1. The van der Waals surface area contributed by atoms with E-state index >= 15 is 0 Å². The Morgan fingerprint density at radius 3 is 2.46 bits per heavy atom. The summed E-state index contributed by atoms with van der Waals surface area (Å²) in [5, 5.41) is 8.20. The van der Waals surface area contributed by atoms with E-state index in [1.807, 2.05) is 6.07 Å². The number of fused-ring (bicyclic) bond motifs is 1. The molecule has 0 aliphatic carbocycles. The Balaban J connectivity index is 2.21. The van der Waals surface area contributed by atoms with Crippen molar-refractivity contribution in [3.8, 4) is 5.75 Å². The fourth-order valence-corrected chi connectivity index (χ4v) is 4.77. The maximum Gasteiger partial charge on any atom is 0.316 e. The summed E-state index contributed by atoms with van der Waals surface area (Å²) in [6.45, 7) is 14.0. The first-order valence-electron chi connectivity index (χ1n) is 12.8. The standard InChI is InChI=1S/C28H39N5O4/c1-9-13-28(10-2,33-19(4)18(3)20-12-11-14-30-25(20)33)17-32-16-22(37-26(36)27(5,6)7)24(35)21(31-32)15-23(34)29-8/h11-12,14,16H,9-10,13,15,17H2,1-8H3,(H,29,34). The molecule has 1 unspecified atom stereocenters. The van der Waals surface area contributed by atoms with Gasteiger partial charge in [0.2, 0.25) is 11.3 Å². The second-order valence-corrected chi connectivity index (χ2v) is 10.7. The normalized spacial score (nSPS) is 13.4. The number of ether oxygens (including phenoxy) is 1. The van der Waals surface area contributed by atoms with Crippen LogP contribution in [-0.4, -0.2) is 38.3 Å². The second-order valence-electron chi connectivity index (χ2n) is 10.7. The molecule has 37 heavy (non-hydrogen) atoms. The summed E-state index contributed by atoms with van der Waals surface area (Å²) in [7, 11) is 1.50. The molecule has 0 saturated carbocycles. The molecule has 0 spiro atoms. The van der Waals surface area contributed by atoms with E-state index in [-0.39, 0.29) is 23.8 Å². The van der Waals surface area contributed by atoms with Crippen LogP contribution in [0.25, 0.3) is 11.0 Å². The number of carbonyl (C=O) groups excluding carboxylic acids is 2. The van der Waals surface area contributed by atoms with Crippen molar-refractivity contribution < 1.29 is 14.3 Å². The number of likely N-dealkylation sites (N-methyl/N-ethyl adjacent to an activating group) is 1. The molecule has 0 radical (unpaired) electrons. The molecule has 3 aromatic heterocycles. The van der Waals surface area contributed by atoms with Crippen LogP contribution in [0.3, 0.4) is 0 Å². The third kappa shape index (κ3) is 5.60. The van der Waals surface area contributed by atoms with Crippen LogP contribution in [0.5, 0.6) is 5.75 Å². The molecule has 1 atom stereocenters.